The van der Waals surface area contributed by atoms with E-state index in [0.717, 1.165) is 49.8 Å². The van der Waals surface area contributed by atoms with Crippen molar-refractivity contribution in [1.29, 1.82) is 0 Å². The number of carbonyl (C=O) groups excluding carboxylic acids is 1. The Balaban J connectivity index is 1.44. The summed E-state index contributed by atoms with van der Waals surface area (Å²) >= 11 is 6.26. The largest absolute Gasteiger partial charge is 0.473 e. The number of nitrogens with zero attached hydrogens (tertiary/aromatic N) is 2. The van der Waals surface area contributed by atoms with E-state index in [1.165, 1.54) is 6.20 Å². The van der Waals surface area contributed by atoms with Crippen LogP contribution in [0.4, 0.5) is 5.88 Å². The van der Waals surface area contributed by atoms with Gasteiger partial charge in [-0.15, -0.1) is 0 Å². The first kappa shape index (κ1) is 17.3. The molecule has 1 fully saturated rings. The summed E-state index contributed by atoms with van der Waals surface area (Å²) in [5.74, 6) is 0.428. The number of ether oxygens (including phenoxy) is 2. The van der Waals surface area contributed by atoms with Crippen LogP contribution in [0.5, 0.6) is 5.88 Å². The van der Waals surface area contributed by atoms with Crippen molar-refractivity contribution < 1.29 is 18.8 Å². The molecule has 3 heterocycles. The van der Waals surface area contributed by atoms with Gasteiger partial charge < -0.3 is 14.0 Å². The summed E-state index contributed by atoms with van der Waals surface area (Å²) in [6.07, 6.45) is 7.02. The zero-order chi connectivity index (χ0) is 17.9. The van der Waals surface area contributed by atoms with Crippen LogP contribution in [-0.2, 0) is 17.6 Å². The maximum Gasteiger partial charge on any atom is 0.259 e. The SMILES string of the molecule is O=C(Nc1onc2c1CCCC2)c1cnc(OC2CCOCC2)c(Cl)c1. The van der Waals surface area contributed by atoms with E-state index >= 15 is 0 Å². The lowest BCUT2D eigenvalue weighted by atomic mass is 9.98. The Hall–Kier alpha value is -2.12. The second-order valence-corrected chi connectivity index (χ2v) is 6.95. The Morgan fingerprint density at radius 1 is 1.27 bits per heavy atom. The van der Waals surface area contributed by atoms with Gasteiger partial charge in [0.2, 0.25) is 11.8 Å². The minimum atomic E-state index is -0.332. The fourth-order valence-electron chi connectivity index (χ4n) is 3.25. The van der Waals surface area contributed by atoms with Gasteiger partial charge in [0, 0.05) is 24.6 Å². The molecule has 7 nitrogen and oxygen atoms in total. The van der Waals surface area contributed by atoms with Gasteiger partial charge in [-0.2, -0.15) is 0 Å². The van der Waals surface area contributed by atoms with Crippen LogP contribution in [0.25, 0.3) is 0 Å². The Kier molecular flexibility index (Phi) is 5.08. The summed E-state index contributed by atoms with van der Waals surface area (Å²) in [5.41, 5.74) is 2.27. The predicted molar refractivity (Wildman–Crippen MR) is 94.8 cm³/mol. The predicted octanol–water partition coefficient (Wildman–Crippen LogP) is 3.41. The van der Waals surface area contributed by atoms with Crippen molar-refractivity contribution in [3.05, 3.63) is 34.1 Å². The number of carbonyl (C=O) groups is 1. The van der Waals surface area contributed by atoms with Crippen LogP contribution in [0.2, 0.25) is 5.02 Å². The van der Waals surface area contributed by atoms with E-state index in [1.807, 2.05) is 0 Å². The van der Waals surface area contributed by atoms with Gasteiger partial charge in [-0.3, -0.25) is 10.1 Å². The van der Waals surface area contributed by atoms with Crippen molar-refractivity contribution >= 4 is 23.4 Å². The summed E-state index contributed by atoms with van der Waals surface area (Å²) in [7, 11) is 0. The summed E-state index contributed by atoms with van der Waals surface area (Å²) in [4.78, 5) is 16.7. The number of amides is 1. The molecule has 0 atom stereocenters. The molecule has 0 unspecified atom stereocenters. The van der Waals surface area contributed by atoms with Crippen molar-refractivity contribution in [3.63, 3.8) is 0 Å². The van der Waals surface area contributed by atoms with Gasteiger partial charge in [0.1, 0.15) is 11.1 Å². The van der Waals surface area contributed by atoms with Crippen LogP contribution in [0.15, 0.2) is 16.8 Å². The molecule has 2 aromatic rings. The van der Waals surface area contributed by atoms with Crippen LogP contribution < -0.4 is 10.1 Å². The molecule has 1 N–H and O–H groups in total. The molecule has 1 amide bonds. The number of halogens is 1. The summed E-state index contributed by atoms with van der Waals surface area (Å²) < 4.78 is 16.4. The number of aromatic nitrogens is 2. The molecule has 2 aliphatic rings. The Morgan fingerprint density at radius 3 is 2.88 bits per heavy atom. The lowest BCUT2D eigenvalue weighted by Gasteiger charge is -2.23. The zero-order valence-electron chi connectivity index (χ0n) is 14.3. The number of hydrogen-bond acceptors (Lipinski definition) is 6. The second-order valence-electron chi connectivity index (χ2n) is 6.54. The fourth-order valence-corrected chi connectivity index (χ4v) is 3.46. The highest BCUT2D eigenvalue weighted by molar-refractivity contribution is 6.32. The molecule has 1 saturated heterocycles. The normalized spacial score (nSPS) is 17.6. The van der Waals surface area contributed by atoms with Crippen molar-refractivity contribution in [3.8, 4) is 5.88 Å². The third kappa shape index (κ3) is 3.68. The molecule has 1 aliphatic heterocycles. The molecular weight excluding hydrogens is 358 g/mol. The van der Waals surface area contributed by atoms with E-state index in [0.29, 0.717) is 35.6 Å². The minimum Gasteiger partial charge on any atom is -0.473 e. The Labute approximate surface area is 156 Å². The Bertz CT molecular complexity index is 802. The van der Waals surface area contributed by atoms with Gasteiger partial charge in [-0.1, -0.05) is 16.8 Å². The lowest BCUT2D eigenvalue weighted by molar-refractivity contribution is 0.0238. The maximum atomic E-state index is 12.5. The number of nitrogens with one attached hydrogen (secondary N) is 1. The molecule has 4 rings (SSSR count). The molecule has 0 saturated carbocycles. The number of rotatable bonds is 4. The van der Waals surface area contributed by atoms with Crippen LogP contribution in [-0.4, -0.2) is 35.4 Å². The van der Waals surface area contributed by atoms with Crippen molar-refractivity contribution in [2.24, 2.45) is 0 Å². The van der Waals surface area contributed by atoms with Crippen LogP contribution in [0.1, 0.15) is 47.3 Å². The third-order valence-corrected chi connectivity index (χ3v) is 4.97. The van der Waals surface area contributed by atoms with Crippen molar-refractivity contribution in [2.75, 3.05) is 18.5 Å². The van der Waals surface area contributed by atoms with Gasteiger partial charge >= 0.3 is 0 Å². The van der Waals surface area contributed by atoms with Gasteiger partial charge in [0.05, 0.1) is 24.5 Å². The molecule has 0 spiro atoms. The molecule has 138 valence electrons. The van der Waals surface area contributed by atoms with Crippen LogP contribution in [0, 0.1) is 0 Å². The van der Waals surface area contributed by atoms with E-state index in [4.69, 9.17) is 25.6 Å². The number of pyridine rings is 1. The highest BCUT2D eigenvalue weighted by Gasteiger charge is 2.22. The molecule has 0 aromatic carbocycles. The van der Waals surface area contributed by atoms with Gasteiger partial charge in [-0.25, -0.2) is 4.98 Å². The van der Waals surface area contributed by atoms with Crippen molar-refractivity contribution in [1.82, 2.24) is 10.1 Å². The summed E-state index contributed by atoms with van der Waals surface area (Å²) in [6.45, 7) is 1.34. The first-order valence-electron chi connectivity index (χ1n) is 8.89. The fraction of sp³-hybridized carbons (Fsp3) is 0.500. The van der Waals surface area contributed by atoms with E-state index < -0.39 is 0 Å². The molecule has 2 aromatic heterocycles. The highest BCUT2D eigenvalue weighted by Crippen LogP contribution is 2.29. The van der Waals surface area contributed by atoms with Crippen molar-refractivity contribution in [2.45, 2.75) is 44.6 Å². The average molecular weight is 378 g/mol. The topological polar surface area (TPSA) is 86.5 Å². The van der Waals surface area contributed by atoms with E-state index in [-0.39, 0.29) is 12.0 Å². The monoisotopic (exact) mass is 377 g/mol. The van der Waals surface area contributed by atoms with E-state index in [2.05, 4.69) is 15.5 Å². The Morgan fingerprint density at radius 2 is 2.08 bits per heavy atom. The number of fused-ring (bicyclic) bond motifs is 1. The average Bonchev–Trinajstić information content (AvgIpc) is 3.07. The highest BCUT2D eigenvalue weighted by atomic mass is 35.5. The van der Waals surface area contributed by atoms with Crippen LogP contribution in [0.3, 0.4) is 0 Å². The molecular formula is C18H20ClN3O4. The lowest BCUT2D eigenvalue weighted by Crippen LogP contribution is -2.26. The number of hydrogen-bond donors (Lipinski definition) is 1. The molecule has 0 radical (unpaired) electrons. The number of aryl methyl sites for hydroxylation is 1. The first-order valence-corrected chi connectivity index (χ1v) is 9.27. The zero-order valence-corrected chi connectivity index (χ0v) is 15.1. The summed E-state index contributed by atoms with van der Waals surface area (Å²) in [6, 6.07) is 1.56. The van der Waals surface area contributed by atoms with E-state index in [9.17, 15) is 4.79 Å². The van der Waals surface area contributed by atoms with Crippen LogP contribution >= 0.6 is 11.6 Å². The standard InChI is InChI=1S/C18H20ClN3O4/c19-14-9-11(10-20-18(14)25-12-5-7-24-8-6-12)16(23)21-17-13-3-1-2-4-15(13)22-26-17/h9-10,12H,1-8H2,(H,21,23). The molecule has 26 heavy (non-hydrogen) atoms. The molecule has 8 heteroatoms. The second kappa shape index (κ2) is 7.63. The van der Waals surface area contributed by atoms with Gasteiger partial charge in [-0.05, 0) is 31.7 Å². The summed E-state index contributed by atoms with van der Waals surface area (Å²) in [5, 5.41) is 7.12. The van der Waals surface area contributed by atoms with Gasteiger partial charge in [0.25, 0.3) is 5.91 Å². The smallest absolute Gasteiger partial charge is 0.259 e. The quantitative estimate of drug-likeness (QED) is 0.878. The van der Waals surface area contributed by atoms with Gasteiger partial charge in [0.15, 0.2) is 0 Å². The molecule has 1 aliphatic carbocycles. The minimum absolute atomic E-state index is 0.0362. The first-order chi connectivity index (χ1) is 12.7. The van der Waals surface area contributed by atoms with E-state index in [1.54, 1.807) is 6.07 Å². The third-order valence-electron chi connectivity index (χ3n) is 4.70. The molecule has 0 bridgehead atoms. The number of anilines is 1. The maximum absolute atomic E-state index is 12.5.